The molecule has 1 unspecified atom stereocenters. The summed E-state index contributed by atoms with van der Waals surface area (Å²) in [5.41, 5.74) is 3.37. The SMILES string of the molecule is [CH2-]CC1(C[C-](C)C)CCCC1.[CH2-]CC1(C[CH2-])CC=C(C)C1.[CH2-]CC1([CH2-])CCCC(C)(C)C1.[Y].[Y].[Y]. The van der Waals surface area contributed by atoms with Gasteiger partial charge in [0.2, 0.25) is 0 Å². The van der Waals surface area contributed by atoms with Gasteiger partial charge in [-0.05, 0) is 31.6 Å². The van der Waals surface area contributed by atoms with E-state index in [1.54, 1.807) is 5.92 Å². The number of allylic oxidation sites excluding steroid dienone is 2. The molecule has 0 saturated heterocycles. The van der Waals surface area contributed by atoms with Gasteiger partial charge in [-0.25, -0.2) is 6.42 Å². The van der Waals surface area contributed by atoms with E-state index in [2.05, 4.69) is 75.3 Å². The zero-order chi connectivity index (χ0) is 24.5. The molecule has 3 radical (unpaired) electrons. The molecule has 2 saturated carbocycles. The molecule has 0 amide bonds. The first-order chi connectivity index (χ1) is 14.9. The maximum Gasteiger partial charge on any atom is 0 e. The second-order valence-corrected chi connectivity index (χ2v) is 12.7. The van der Waals surface area contributed by atoms with Gasteiger partial charge in [0.15, 0.2) is 0 Å². The summed E-state index contributed by atoms with van der Waals surface area (Å²) >= 11 is 0. The van der Waals surface area contributed by atoms with E-state index in [9.17, 15) is 0 Å². The van der Waals surface area contributed by atoms with Crippen molar-refractivity contribution in [1.82, 2.24) is 0 Å². The molecule has 35 heavy (non-hydrogen) atoms. The van der Waals surface area contributed by atoms with Crippen molar-refractivity contribution >= 4 is 0 Å². The average Bonchev–Trinajstić information content (AvgIpc) is 3.35. The van der Waals surface area contributed by atoms with Crippen LogP contribution in [0.4, 0.5) is 0 Å². The third-order valence-electron chi connectivity index (χ3n) is 8.47. The molecule has 199 valence electrons. The minimum Gasteiger partial charge on any atom is -0.345 e. The van der Waals surface area contributed by atoms with Gasteiger partial charge in [0.05, 0.1) is 0 Å². The van der Waals surface area contributed by atoms with Crippen LogP contribution >= 0.6 is 0 Å². The van der Waals surface area contributed by atoms with Crippen LogP contribution in [-0.4, -0.2) is 0 Å². The van der Waals surface area contributed by atoms with E-state index in [4.69, 9.17) is 0 Å². The van der Waals surface area contributed by atoms with Crippen LogP contribution in [0.1, 0.15) is 131 Å². The molecule has 0 spiro atoms. The summed E-state index contributed by atoms with van der Waals surface area (Å²) in [6.07, 6.45) is 21.2. The van der Waals surface area contributed by atoms with Crippen molar-refractivity contribution in [3.63, 3.8) is 0 Å². The van der Waals surface area contributed by atoms with E-state index in [1.165, 1.54) is 76.2 Å². The predicted molar refractivity (Wildman–Crippen MR) is 145 cm³/mol. The first-order valence-corrected chi connectivity index (χ1v) is 13.4. The second kappa shape index (κ2) is 20.0. The van der Waals surface area contributed by atoms with Crippen molar-refractivity contribution in [2.45, 2.75) is 131 Å². The summed E-state index contributed by atoms with van der Waals surface area (Å²) in [4.78, 5) is 0. The summed E-state index contributed by atoms with van der Waals surface area (Å²) in [6, 6.07) is 0. The molecule has 0 heterocycles. The van der Waals surface area contributed by atoms with Crippen LogP contribution in [0, 0.1) is 62.2 Å². The van der Waals surface area contributed by atoms with E-state index < -0.39 is 0 Å². The maximum absolute atomic E-state index is 4.28. The van der Waals surface area contributed by atoms with Crippen molar-refractivity contribution in [3.8, 4) is 0 Å². The number of hydrogen-bond donors (Lipinski definition) is 0. The van der Waals surface area contributed by atoms with Crippen molar-refractivity contribution < 1.29 is 98.1 Å². The smallest absolute Gasteiger partial charge is 0 e. The molecule has 3 heteroatoms. The topological polar surface area (TPSA) is 0 Å². The van der Waals surface area contributed by atoms with Gasteiger partial charge in [0, 0.05) is 98.1 Å². The minimum absolute atomic E-state index is 0. The van der Waals surface area contributed by atoms with Gasteiger partial charge < -0.3 is 40.5 Å². The molecule has 0 bridgehead atoms. The van der Waals surface area contributed by atoms with Gasteiger partial charge in [0.1, 0.15) is 0 Å². The molecule has 3 aliphatic rings. The summed E-state index contributed by atoms with van der Waals surface area (Å²) in [5.74, 6) is 1.58. The van der Waals surface area contributed by atoms with Crippen molar-refractivity contribution in [2.75, 3.05) is 0 Å². The zero-order valence-electron chi connectivity index (χ0n) is 24.5. The fourth-order valence-electron chi connectivity index (χ4n) is 6.37. The normalized spacial score (nSPS) is 25.4. The predicted octanol–water partition coefficient (Wildman–Crippen LogP) is 10.6. The summed E-state index contributed by atoms with van der Waals surface area (Å²) in [7, 11) is 0. The standard InChI is InChI=1S/2C11H20.C10H16.3Y/c1-5-11(4)8-6-7-10(2,3)9-11;1-4-11(9-10(2)3)7-5-6-8-11;1-4-10(5-2)7-6-9(3)8-10;;;/h2*1,4-9H2,2-3H3;6H,1-2,4-5,7-8H2,3H3;;;/q3*-2;;;. The van der Waals surface area contributed by atoms with Crippen LogP contribution < -0.4 is 0 Å². The van der Waals surface area contributed by atoms with Crippen LogP contribution in [0.15, 0.2) is 11.6 Å². The van der Waals surface area contributed by atoms with Crippen molar-refractivity contribution in [3.05, 3.63) is 52.2 Å². The molecule has 0 N–H and O–H groups in total. The average molecular weight is 708 g/mol. The molecule has 3 aliphatic carbocycles. The Morgan fingerprint density at radius 1 is 0.771 bits per heavy atom. The van der Waals surface area contributed by atoms with Crippen molar-refractivity contribution in [2.24, 2.45) is 21.7 Å². The van der Waals surface area contributed by atoms with E-state index in [0.29, 0.717) is 21.7 Å². The van der Waals surface area contributed by atoms with Gasteiger partial charge in [-0.2, -0.15) is 44.9 Å². The van der Waals surface area contributed by atoms with Crippen LogP contribution in [0.2, 0.25) is 0 Å². The first-order valence-electron chi connectivity index (χ1n) is 13.4. The van der Waals surface area contributed by atoms with E-state index in [-0.39, 0.29) is 98.1 Å². The van der Waals surface area contributed by atoms with Crippen LogP contribution in [0.3, 0.4) is 0 Å². The number of rotatable bonds is 6. The summed E-state index contributed by atoms with van der Waals surface area (Å²) < 4.78 is 0. The summed E-state index contributed by atoms with van der Waals surface area (Å²) in [6.45, 7) is 31.7. The van der Waals surface area contributed by atoms with E-state index in [0.717, 1.165) is 25.7 Å². The first kappa shape index (κ1) is 42.5. The molecule has 0 aromatic carbocycles. The Labute approximate surface area is 299 Å². The molecule has 2 fully saturated rings. The molecule has 3 rings (SSSR count). The third kappa shape index (κ3) is 15.6. The molecule has 0 aliphatic heterocycles. The largest absolute Gasteiger partial charge is 0.345 e. The Hall–Kier alpha value is 3.05. The molecular weight excluding hydrogens is 651 g/mol. The quantitative estimate of drug-likeness (QED) is 0.191. The van der Waals surface area contributed by atoms with Gasteiger partial charge in [-0.3, -0.25) is 0 Å². The molecule has 0 aromatic heterocycles. The zero-order valence-corrected chi connectivity index (χ0v) is 33.0. The Morgan fingerprint density at radius 2 is 1.29 bits per heavy atom. The molecule has 1 atom stereocenters. The Kier molecular flexibility index (Phi) is 24.3. The Bertz CT molecular complexity index is 553. The summed E-state index contributed by atoms with van der Waals surface area (Å²) in [5, 5.41) is 0. The minimum atomic E-state index is 0. The monoisotopic (exact) mass is 707 g/mol. The van der Waals surface area contributed by atoms with Gasteiger partial charge in [0.25, 0.3) is 0 Å². The Balaban J connectivity index is -0.000000421. The van der Waals surface area contributed by atoms with E-state index >= 15 is 0 Å². The third-order valence-corrected chi connectivity index (χ3v) is 8.47. The number of hydrogen-bond acceptors (Lipinski definition) is 0. The van der Waals surface area contributed by atoms with Crippen LogP contribution in [0.25, 0.3) is 0 Å². The van der Waals surface area contributed by atoms with Gasteiger partial charge in [-0.1, -0.05) is 81.3 Å². The Morgan fingerprint density at radius 3 is 1.57 bits per heavy atom. The van der Waals surface area contributed by atoms with Crippen LogP contribution in [-0.2, 0) is 98.1 Å². The molecule has 0 nitrogen and oxygen atoms in total. The van der Waals surface area contributed by atoms with Gasteiger partial charge in [-0.15, -0.1) is 0 Å². The maximum atomic E-state index is 4.28. The fourth-order valence-corrected chi connectivity index (χ4v) is 6.37. The van der Waals surface area contributed by atoms with Crippen molar-refractivity contribution in [1.29, 1.82) is 0 Å². The van der Waals surface area contributed by atoms with Crippen LogP contribution in [0.5, 0.6) is 0 Å². The van der Waals surface area contributed by atoms with E-state index in [1.807, 2.05) is 0 Å². The molecular formula is C32H56Y3-6. The van der Waals surface area contributed by atoms with Gasteiger partial charge >= 0.3 is 0 Å². The fraction of sp³-hybridized carbons (Fsp3) is 0.750. The molecule has 0 aromatic rings. The second-order valence-electron chi connectivity index (χ2n) is 12.7.